The molecule has 0 aromatic carbocycles. The third-order valence-electron chi connectivity index (χ3n) is 3.13. The lowest BCUT2D eigenvalue weighted by atomic mass is 9.98. The van der Waals surface area contributed by atoms with Crippen LogP contribution in [0.3, 0.4) is 0 Å². The molecule has 13 heteroatoms. The molecule has 1 fully saturated rings. The van der Waals surface area contributed by atoms with E-state index in [0.29, 0.717) is 0 Å². The van der Waals surface area contributed by atoms with Crippen LogP contribution in [0.15, 0.2) is 0 Å². The molecular weight excluding hydrogens is 362 g/mol. The van der Waals surface area contributed by atoms with E-state index < -0.39 is 62.6 Å². The highest BCUT2D eigenvalue weighted by molar-refractivity contribution is 7.94. The van der Waals surface area contributed by atoms with Crippen molar-refractivity contribution >= 4 is 27.4 Å². The van der Waals surface area contributed by atoms with Gasteiger partial charge in [-0.3, -0.25) is 9.59 Å². The summed E-state index contributed by atoms with van der Waals surface area (Å²) < 4.78 is 102. The van der Waals surface area contributed by atoms with E-state index in [1.165, 1.54) is 0 Å². The number of ketones is 2. The molecule has 132 valence electrons. The SMILES string of the molecule is O=C1CCCC(=O)C1S(=O)(=O)C(F)(F)C(F)(F)C(F)(F)C(=O)O. The molecule has 23 heavy (non-hydrogen) atoms. The average molecular weight is 370 g/mol. The van der Waals surface area contributed by atoms with Gasteiger partial charge in [-0.15, -0.1) is 0 Å². The molecule has 0 spiro atoms. The van der Waals surface area contributed by atoms with Crippen molar-refractivity contribution in [2.24, 2.45) is 0 Å². The Kier molecular flexibility index (Phi) is 4.60. The van der Waals surface area contributed by atoms with Gasteiger partial charge in [0, 0.05) is 12.8 Å². The highest BCUT2D eigenvalue weighted by Gasteiger charge is 2.81. The third kappa shape index (κ3) is 2.60. The molecule has 1 aliphatic carbocycles. The number of hydrogen-bond acceptors (Lipinski definition) is 5. The van der Waals surface area contributed by atoms with Crippen LogP contribution in [0.1, 0.15) is 19.3 Å². The minimum Gasteiger partial charge on any atom is -0.477 e. The van der Waals surface area contributed by atoms with Crippen LogP contribution < -0.4 is 0 Å². The molecule has 1 N–H and O–H groups in total. The van der Waals surface area contributed by atoms with Gasteiger partial charge in [-0.05, 0) is 6.42 Å². The van der Waals surface area contributed by atoms with Gasteiger partial charge in [0.05, 0.1) is 0 Å². The summed E-state index contributed by atoms with van der Waals surface area (Å²) >= 11 is 0. The van der Waals surface area contributed by atoms with E-state index in [1.54, 1.807) is 0 Å². The van der Waals surface area contributed by atoms with Gasteiger partial charge in [0.2, 0.25) is 9.84 Å². The van der Waals surface area contributed by atoms with Gasteiger partial charge in [0.15, 0.2) is 16.8 Å². The van der Waals surface area contributed by atoms with Gasteiger partial charge >= 0.3 is 23.1 Å². The normalized spacial score (nSPS) is 19.0. The van der Waals surface area contributed by atoms with Gasteiger partial charge in [-0.1, -0.05) is 0 Å². The molecule has 0 unspecified atom stereocenters. The lowest BCUT2D eigenvalue weighted by molar-refractivity contribution is -0.276. The van der Waals surface area contributed by atoms with Crippen molar-refractivity contribution in [3.63, 3.8) is 0 Å². The van der Waals surface area contributed by atoms with E-state index in [2.05, 4.69) is 0 Å². The summed E-state index contributed by atoms with van der Waals surface area (Å²) in [6.07, 6.45) is -1.61. The quantitative estimate of drug-likeness (QED) is 0.573. The molecule has 1 rings (SSSR count). The molecule has 0 aromatic heterocycles. The summed E-state index contributed by atoms with van der Waals surface area (Å²) in [7, 11) is -6.76. The Morgan fingerprint density at radius 2 is 1.39 bits per heavy atom. The second-order valence-corrected chi connectivity index (χ2v) is 6.76. The molecular formula is C10H8F6O6S. The van der Waals surface area contributed by atoms with Crippen LogP contribution in [-0.2, 0) is 24.2 Å². The Balaban J connectivity index is 3.48. The maximum Gasteiger partial charge on any atom is 0.415 e. The number of carboxylic acids is 1. The molecule has 0 heterocycles. The Bertz CT molecular complexity index is 639. The second kappa shape index (κ2) is 5.46. The lowest BCUT2D eigenvalue weighted by Gasteiger charge is -2.32. The first-order valence-electron chi connectivity index (χ1n) is 5.78. The van der Waals surface area contributed by atoms with Crippen molar-refractivity contribution in [3.8, 4) is 0 Å². The van der Waals surface area contributed by atoms with Crippen LogP contribution in [0.4, 0.5) is 26.3 Å². The zero-order valence-electron chi connectivity index (χ0n) is 10.9. The zero-order valence-corrected chi connectivity index (χ0v) is 11.7. The van der Waals surface area contributed by atoms with Crippen molar-refractivity contribution in [1.82, 2.24) is 0 Å². The van der Waals surface area contributed by atoms with E-state index in [4.69, 9.17) is 5.11 Å². The Morgan fingerprint density at radius 3 is 1.74 bits per heavy atom. The van der Waals surface area contributed by atoms with Crippen molar-refractivity contribution in [3.05, 3.63) is 0 Å². The van der Waals surface area contributed by atoms with Gasteiger partial charge in [-0.2, -0.15) is 26.3 Å². The Labute approximate surface area is 124 Å². The largest absolute Gasteiger partial charge is 0.477 e. The number of carbonyl (C=O) groups excluding carboxylic acids is 2. The number of carboxylic acid groups (broad SMARTS) is 1. The summed E-state index contributed by atoms with van der Waals surface area (Å²) in [5.41, 5.74) is 0. The molecule has 6 nitrogen and oxygen atoms in total. The number of rotatable bonds is 5. The van der Waals surface area contributed by atoms with E-state index in [0.717, 1.165) is 0 Å². The molecule has 0 radical (unpaired) electrons. The van der Waals surface area contributed by atoms with Crippen LogP contribution >= 0.6 is 0 Å². The van der Waals surface area contributed by atoms with Crippen LogP contribution in [0, 0.1) is 0 Å². The maximum absolute atomic E-state index is 13.6. The number of aliphatic carboxylic acids is 1. The van der Waals surface area contributed by atoms with Gasteiger partial charge in [0.1, 0.15) is 0 Å². The first-order chi connectivity index (χ1) is 10.1. The minimum absolute atomic E-state index is 0.211. The fourth-order valence-corrected chi connectivity index (χ4v) is 3.58. The molecule has 1 aliphatic rings. The van der Waals surface area contributed by atoms with Crippen LogP contribution in [0.5, 0.6) is 0 Å². The van der Waals surface area contributed by atoms with Crippen LogP contribution in [-0.4, -0.2) is 53.4 Å². The third-order valence-corrected chi connectivity index (χ3v) is 5.24. The number of halogens is 6. The van der Waals surface area contributed by atoms with E-state index >= 15 is 0 Å². The molecule has 0 atom stereocenters. The smallest absolute Gasteiger partial charge is 0.415 e. The van der Waals surface area contributed by atoms with Crippen molar-refractivity contribution in [1.29, 1.82) is 0 Å². The molecule has 0 saturated heterocycles. The number of carbonyl (C=O) groups is 3. The summed E-state index contributed by atoms with van der Waals surface area (Å²) in [6.45, 7) is 0. The van der Waals surface area contributed by atoms with Gasteiger partial charge in [0.25, 0.3) is 0 Å². The molecule has 0 bridgehead atoms. The van der Waals surface area contributed by atoms with Gasteiger partial charge < -0.3 is 5.11 Å². The number of Topliss-reactive ketones (excluding diaryl/α,β-unsaturated/α-hetero) is 2. The maximum atomic E-state index is 13.6. The Morgan fingerprint density at radius 1 is 1.00 bits per heavy atom. The molecule has 0 amide bonds. The monoisotopic (exact) mass is 370 g/mol. The fourth-order valence-electron chi connectivity index (χ4n) is 1.87. The standard InChI is InChI=1S/C10H8F6O6S/c11-8(12,7(19)20)9(13,14)10(15,16)23(21,22)6-4(17)2-1-3-5(6)18/h6H,1-3H2,(H,19,20). The number of sulfone groups is 1. The summed E-state index contributed by atoms with van der Waals surface area (Å²) in [5, 5.41) is -1.96. The molecule has 0 aromatic rings. The van der Waals surface area contributed by atoms with Gasteiger partial charge in [-0.25, -0.2) is 13.2 Å². The fraction of sp³-hybridized carbons (Fsp3) is 0.700. The highest BCUT2D eigenvalue weighted by atomic mass is 32.2. The van der Waals surface area contributed by atoms with Crippen molar-refractivity contribution < 1.29 is 54.3 Å². The van der Waals surface area contributed by atoms with Crippen LogP contribution in [0.25, 0.3) is 0 Å². The summed E-state index contributed by atoms with van der Waals surface area (Å²) in [4.78, 5) is 32.7. The molecule has 1 saturated carbocycles. The van der Waals surface area contributed by atoms with Crippen molar-refractivity contribution in [2.75, 3.05) is 0 Å². The van der Waals surface area contributed by atoms with E-state index in [-0.39, 0.29) is 6.42 Å². The van der Waals surface area contributed by atoms with Crippen molar-refractivity contribution in [2.45, 2.75) is 41.6 Å². The second-order valence-electron chi connectivity index (χ2n) is 4.68. The first-order valence-corrected chi connectivity index (χ1v) is 7.32. The number of alkyl halides is 6. The van der Waals surface area contributed by atoms with E-state index in [9.17, 15) is 49.1 Å². The predicted octanol–water partition coefficient (Wildman–Crippen LogP) is 1.04. The minimum atomic E-state index is -6.89. The van der Waals surface area contributed by atoms with E-state index in [1.807, 2.05) is 0 Å². The molecule has 0 aliphatic heterocycles. The van der Waals surface area contributed by atoms with Crippen LogP contribution in [0.2, 0.25) is 0 Å². The predicted molar refractivity (Wildman–Crippen MR) is 59.0 cm³/mol. The first kappa shape index (κ1) is 19.4. The number of hydrogen-bond donors (Lipinski definition) is 1. The highest BCUT2D eigenvalue weighted by Crippen LogP contribution is 2.50. The lowest BCUT2D eigenvalue weighted by Crippen LogP contribution is -2.64. The zero-order chi connectivity index (χ0) is 18.4. The topological polar surface area (TPSA) is 106 Å². The summed E-state index contributed by atoms with van der Waals surface area (Å²) in [6, 6.07) is 0. The summed E-state index contributed by atoms with van der Waals surface area (Å²) in [5.74, 6) is -20.3. The Hall–Kier alpha value is -1.66. The average Bonchev–Trinajstić information content (AvgIpc) is 2.37.